The van der Waals surface area contributed by atoms with E-state index in [0.717, 1.165) is 17.8 Å². The summed E-state index contributed by atoms with van der Waals surface area (Å²) < 4.78 is 42.1. The summed E-state index contributed by atoms with van der Waals surface area (Å²) in [5.41, 5.74) is -0.101. The highest BCUT2D eigenvalue weighted by atomic mass is 32.2. The first-order valence-corrected chi connectivity index (χ1v) is 14.1. The maximum absolute atomic E-state index is 14.3. The molecule has 1 N–H and O–H groups in total. The number of carbonyl (C=O) groups is 2. The number of nitriles is 1. The molecule has 1 amide bonds. The number of Topliss-reactive ketones (excluding diaryl/α,β-unsaturated/α-hetero) is 1. The lowest BCUT2D eigenvalue weighted by molar-refractivity contribution is -0.121. The average molecular weight is 519 g/mol. The van der Waals surface area contributed by atoms with Gasteiger partial charge in [0.25, 0.3) is 0 Å². The maximum atomic E-state index is 14.3. The van der Waals surface area contributed by atoms with Crippen LogP contribution in [0.3, 0.4) is 0 Å². The van der Waals surface area contributed by atoms with Crippen LogP contribution in [-0.2, 0) is 20.6 Å². The Kier molecular flexibility index (Phi) is 8.99. The fourth-order valence-corrected chi connectivity index (χ4v) is 6.08. The standard InChI is InChI=1S/C24H27FN4O4S2/c1-3-6-21(30)19-13-18(14-26)22(28-23(19)34-2)29(24(31)16-9-11-27-12-10-16)35(32,33)15-17-7-4-5-8-20(17)25/h4-5,7-8,13,16,27H,3,6,9-12,15H2,1-2H3. The smallest absolute Gasteiger partial charge is 0.247 e. The molecular weight excluding hydrogens is 491 g/mol. The molecule has 1 aromatic heterocycles. The first kappa shape index (κ1) is 26.8. The predicted molar refractivity (Wildman–Crippen MR) is 132 cm³/mol. The van der Waals surface area contributed by atoms with Gasteiger partial charge in [0.1, 0.15) is 16.9 Å². The number of aromatic nitrogens is 1. The number of hydrogen-bond donors (Lipinski definition) is 1. The number of hydrogen-bond acceptors (Lipinski definition) is 8. The molecule has 0 atom stereocenters. The van der Waals surface area contributed by atoms with E-state index >= 15 is 0 Å². The Labute approximate surface area is 209 Å². The number of carbonyl (C=O) groups excluding carboxylic acids is 2. The Morgan fingerprint density at radius 2 is 1.97 bits per heavy atom. The highest BCUT2D eigenvalue weighted by Gasteiger charge is 2.38. The van der Waals surface area contributed by atoms with Crippen molar-refractivity contribution in [1.82, 2.24) is 10.3 Å². The van der Waals surface area contributed by atoms with Crippen LogP contribution in [0, 0.1) is 23.1 Å². The molecule has 186 valence electrons. The van der Waals surface area contributed by atoms with E-state index in [1.54, 1.807) is 6.26 Å². The summed E-state index contributed by atoms with van der Waals surface area (Å²) >= 11 is 1.12. The van der Waals surface area contributed by atoms with E-state index in [2.05, 4.69) is 10.3 Å². The second kappa shape index (κ2) is 11.7. The molecule has 8 nitrogen and oxygen atoms in total. The van der Waals surface area contributed by atoms with Gasteiger partial charge in [-0.1, -0.05) is 25.1 Å². The topological polar surface area (TPSA) is 120 Å². The number of ketones is 1. The minimum atomic E-state index is -4.48. The summed E-state index contributed by atoms with van der Waals surface area (Å²) in [6, 6.07) is 8.62. The zero-order chi connectivity index (χ0) is 25.6. The van der Waals surface area contributed by atoms with E-state index in [9.17, 15) is 27.7 Å². The Bertz CT molecular complexity index is 1250. The molecule has 0 bridgehead atoms. The number of nitrogens with zero attached hydrogens (tertiary/aromatic N) is 3. The quantitative estimate of drug-likeness (QED) is 0.394. The highest BCUT2D eigenvalue weighted by Crippen LogP contribution is 2.32. The zero-order valence-corrected chi connectivity index (χ0v) is 21.2. The molecule has 0 saturated carbocycles. The molecule has 2 heterocycles. The van der Waals surface area contributed by atoms with Crippen molar-refractivity contribution in [3.63, 3.8) is 0 Å². The largest absolute Gasteiger partial charge is 0.317 e. The van der Waals surface area contributed by atoms with Crippen molar-refractivity contribution in [2.24, 2.45) is 5.92 Å². The summed E-state index contributed by atoms with van der Waals surface area (Å²) in [5.74, 6) is -3.41. The normalized spacial score (nSPS) is 14.3. The number of sulfonamides is 1. The number of nitrogens with one attached hydrogen (secondary N) is 1. The summed E-state index contributed by atoms with van der Waals surface area (Å²) in [6.07, 6.45) is 3.33. The van der Waals surface area contributed by atoms with Crippen LogP contribution in [-0.4, -0.2) is 44.4 Å². The third-order valence-corrected chi connectivity index (χ3v) is 8.00. The van der Waals surface area contributed by atoms with Crippen molar-refractivity contribution in [3.8, 4) is 6.07 Å². The lowest BCUT2D eigenvalue weighted by Gasteiger charge is -2.29. The van der Waals surface area contributed by atoms with Crippen LogP contribution in [0.4, 0.5) is 10.2 Å². The van der Waals surface area contributed by atoms with E-state index in [1.807, 2.05) is 13.0 Å². The van der Waals surface area contributed by atoms with Crippen molar-refractivity contribution in [3.05, 3.63) is 52.8 Å². The number of piperidine rings is 1. The number of amides is 1. The SMILES string of the molecule is CCCC(=O)c1cc(C#N)c(N(C(=O)C2CCNCC2)S(=O)(=O)Cc2ccccc2F)nc1SC. The molecule has 2 aromatic rings. The van der Waals surface area contributed by atoms with Gasteiger partial charge in [-0.3, -0.25) is 9.59 Å². The van der Waals surface area contributed by atoms with Gasteiger partial charge in [-0.2, -0.15) is 9.57 Å². The van der Waals surface area contributed by atoms with Crippen LogP contribution < -0.4 is 9.62 Å². The number of rotatable bonds is 9. The number of pyridine rings is 1. The molecule has 0 spiro atoms. The Morgan fingerprint density at radius 3 is 2.57 bits per heavy atom. The summed E-state index contributed by atoms with van der Waals surface area (Å²) in [6.45, 7) is 2.92. The second-order valence-corrected chi connectivity index (χ2v) is 10.8. The molecule has 1 fully saturated rings. The third kappa shape index (κ3) is 6.07. The molecule has 35 heavy (non-hydrogen) atoms. The molecule has 0 radical (unpaired) electrons. The monoisotopic (exact) mass is 518 g/mol. The van der Waals surface area contributed by atoms with E-state index in [4.69, 9.17) is 0 Å². The summed E-state index contributed by atoms with van der Waals surface area (Å²) in [5, 5.41) is 13.2. The lowest BCUT2D eigenvalue weighted by atomic mass is 9.97. The fourth-order valence-electron chi connectivity index (χ4n) is 3.93. The van der Waals surface area contributed by atoms with Crippen LogP contribution >= 0.6 is 11.8 Å². The van der Waals surface area contributed by atoms with Gasteiger partial charge in [-0.05, 0) is 50.7 Å². The number of anilines is 1. The molecule has 0 unspecified atom stereocenters. The molecule has 1 aromatic carbocycles. The third-order valence-electron chi connectivity index (χ3n) is 5.71. The lowest BCUT2D eigenvalue weighted by Crippen LogP contribution is -2.45. The fraction of sp³-hybridized carbons (Fsp3) is 0.417. The Morgan fingerprint density at radius 1 is 1.29 bits per heavy atom. The molecular formula is C24H27FN4O4S2. The van der Waals surface area contributed by atoms with Gasteiger partial charge in [-0.15, -0.1) is 11.8 Å². The first-order chi connectivity index (χ1) is 16.7. The van der Waals surface area contributed by atoms with Gasteiger partial charge in [0.2, 0.25) is 15.9 Å². The van der Waals surface area contributed by atoms with Crippen molar-refractivity contribution >= 4 is 39.3 Å². The summed E-state index contributed by atoms with van der Waals surface area (Å²) in [7, 11) is -4.48. The molecule has 0 aliphatic carbocycles. The van der Waals surface area contributed by atoms with E-state index in [1.165, 1.54) is 24.3 Å². The number of benzene rings is 1. The van der Waals surface area contributed by atoms with Crippen LogP contribution in [0.25, 0.3) is 0 Å². The van der Waals surface area contributed by atoms with Crippen molar-refractivity contribution < 1.29 is 22.4 Å². The molecule has 1 saturated heterocycles. The minimum Gasteiger partial charge on any atom is -0.317 e. The Hall–Kier alpha value is -2.81. The van der Waals surface area contributed by atoms with Crippen molar-refractivity contribution in [2.75, 3.05) is 23.7 Å². The summed E-state index contributed by atoms with van der Waals surface area (Å²) in [4.78, 5) is 30.6. The van der Waals surface area contributed by atoms with Gasteiger partial charge in [-0.25, -0.2) is 17.8 Å². The van der Waals surface area contributed by atoms with Gasteiger partial charge in [0.05, 0.1) is 16.9 Å². The van der Waals surface area contributed by atoms with Crippen LogP contribution in [0.5, 0.6) is 0 Å². The zero-order valence-electron chi connectivity index (χ0n) is 19.6. The number of halogens is 1. The maximum Gasteiger partial charge on any atom is 0.247 e. The van der Waals surface area contributed by atoms with Crippen LogP contribution in [0.2, 0.25) is 0 Å². The van der Waals surface area contributed by atoms with E-state index in [0.29, 0.717) is 36.7 Å². The number of thioether (sulfide) groups is 1. The van der Waals surface area contributed by atoms with Crippen molar-refractivity contribution in [2.45, 2.75) is 43.4 Å². The van der Waals surface area contributed by atoms with Crippen LogP contribution in [0.1, 0.15) is 54.1 Å². The minimum absolute atomic E-state index is 0.103. The van der Waals surface area contributed by atoms with Gasteiger partial charge in [0, 0.05) is 17.9 Å². The molecule has 11 heteroatoms. The Balaban J connectivity index is 2.18. The van der Waals surface area contributed by atoms with Gasteiger partial charge >= 0.3 is 0 Å². The second-order valence-electron chi connectivity index (χ2n) is 8.18. The molecule has 1 aliphatic heterocycles. The van der Waals surface area contributed by atoms with Gasteiger partial charge in [0.15, 0.2) is 11.6 Å². The average Bonchev–Trinajstić information content (AvgIpc) is 2.85. The molecule has 3 rings (SSSR count). The predicted octanol–water partition coefficient (Wildman–Crippen LogP) is 3.66. The van der Waals surface area contributed by atoms with Gasteiger partial charge < -0.3 is 5.32 Å². The molecule has 1 aliphatic rings. The highest BCUT2D eigenvalue weighted by molar-refractivity contribution is 7.98. The van der Waals surface area contributed by atoms with E-state index < -0.39 is 33.4 Å². The first-order valence-electron chi connectivity index (χ1n) is 11.3. The van der Waals surface area contributed by atoms with E-state index in [-0.39, 0.29) is 39.7 Å². The van der Waals surface area contributed by atoms with Crippen LogP contribution in [0.15, 0.2) is 35.4 Å². The van der Waals surface area contributed by atoms with Crippen molar-refractivity contribution in [1.29, 1.82) is 5.26 Å².